The van der Waals surface area contributed by atoms with Gasteiger partial charge in [-0.05, 0) is 37.0 Å². The zero-order chi connectivity index (χ0) is 16.0. The molecule has 0 aliphatic heterocycles. The van der Waals surface area contributed by atoms with E-state index in [1.54, 1.807) is 0 Å². The Kier molecular flexibility index (Phi) is 7.67. The smallest absolute Gasteiger partial charge is 0.320 e. The average Bonchev–Trinajstić information content (AvgIpc) is 2.36. The van der Waals surface area contributed by atoms with Crippen LogP contribution in [0.4, 0.5) is 0 Å². The number of nitrogens with one attached hydrogen (secondary N) is 1. The molecule has 0 aromatic rings. The largest absolute Gasteiger partial charge is 0.480 e. The molecule has 0 spiro atoms. The molecule has 2 N–H and O–H groups in total. The maximum Gasteiger partial charge on any atom is 0.320 e. The van der Waals surface area contributed by atoms with E-state index in [2.05, 4.69) is 26.1 Å². The number of carboxylic acid groups (broad SMARTS) is 1. The van der Waals surface area contributed by atoms with Crippen LogP contribution in [0.15, 0.2) is 0 Å². The van der Waals surface area contributed by atoms with E-state index in [0.29, 0.717) is 36.9 Å². The summed E-state index contributed by atoms with van der Waals surface area (Å²) in [6.07, 6.45) is 4.45. The lowest BCUT2D eigenvalue weighted by atomic mass is 9.75. The van der Waals surface area contributed by atoms with Crippen molar-refractivity contribution in [2.45, 2.75) is 78.5 Å². The van der Waals surface area contributed by atoms with Crippen molar-refractivity contribution < 1.29 is 14.6 Å². The van der Waals surface area contributed by atoms with E-state index < -0.39 is 12.0 Å². The van der Waals surface area contributed by atoms with Gasteiger partial charge in [-0.15, -0.1) is 0 Å². The molecule has 1 fully saturated rings. The molecule has 124 valence electrons. The molecule has 21 heavy (non-hydrogen) atoms. The van der Waals surface area contributed by atoms with Gasteiger partial charge < -0.3 is 15.2 Å². The summed E-state index contributed by atoms with van der Waals surface area (Å²) in [5.41, 5.74) is 0. The van der Waals surface area contributed by atoms with Crippen LogP contribution in [0.25, 0.3) is 0 Å². The molecular formula is C17H33NO3. The minimum atomic E-state index is -0.787. The average molecular weight is 299 g/mol. The van der Waals surface area contributed by atoms with Gasteiger partial charge in [0.05, 0.1) is 6.10 Å². The Labute approximate surface area is 129 Å². The number of hydrogen-bond acceptors (Lipinski definition) is 3. The molecule has 1 aliphatic carbocycles. The standard InChI is InChI=1S/C17H33NO3/c1-11(2)14-7-6-13(5)10-16(14)21-9-8-15(17(19)20)18-12(3)4/h11-16,18H,6-10H2,1-5H3,(H,19,20). The third-order valence-corrected chi connectivity index (χ3v) is 4.53. The molecule has 1 rings (SSSR count). The zero-order valence-electron chi connectivity index (χ0n) is 14.3. The van der Waals surface area contributed by atoms with E-state index in [4.69, 9.17) is 4.74 Å². The molecule has 0 aromatic heterocycles. The molecule has 0 amide bonds. The number of carboxylic acids is 1. The molecular weight excluding hydrogens is 266 g/mol. The first-order valence-corrected chi connectivity index (χ1v) is 8.41. The zero-order valence-corrected chi connectivity index (χ0v) is 14.3. The summed E-state index contributed by atoms with van der Waals surface area (Å²) >= 11 is 0. The van der Waals surface area contributed by atoms with Crippen molar-refractivity contribution in [3.8, 4) is 0 Å². The van der Waals surface area contributed by atoms with Crippen molar-refractivity contribution >= 4 is 5.97 Å². The van der Waals surface area contributed by atoms with Gasteiger partial charge in [-0.25, -0.2) is 0 Å². The fraction of sp³-hybridized carbons (Fsp3) is 0.941. The Hall–Kier alpha value is -0.610. The van der Waals surface area contributed by atoms with Crippen LogP contribution in [0.3, 0.4) is 0 Å². The molecule has 0 bridgehead atoms. The summed E-state index contributed by atoms with van der Waals surface area (Å²) in [6, 6.07) is -0.340. The van der Waals surface area contributed by atoms with E-state index in [1.165, 1.54) is 12.8 Å². The van der Waals surface area contributed by atoms with Crippen LogP contribution in [0.1, 0.15) is 60.3 Å². The monoisotopic (exact) mass is 299 g/mol. The molecule has 1 saturated carbocycles. The summed E-state index contributed by atoms with van der Waals surface area (Å²) in [6.45, 7) is 11.3. The van der Waals surface area contributed by atoms with Gasteiger partial charge in [-0.1, -0.05) is 41.0 Å². The highest BCUT2D eigenvalue weighted by Gasteiger charge is 2.31. The Morgan fingerprint density at radius 3 is 2.48 bits per heavy atom. The summed E-state index contributed by atoms with van der Waals surface area (Å²) in [5.74, 6) is 1.17. The minimum absolute atomic E-state index is 0.171. The Morgan fingerprint density at radius 2 is 1.95 bits per heavy atom. The van der Waals surface area contributed by atoms with Gasteiger partial charge >= 0.3 is 5.97 Å². The van der Waals surface area contributed by atoms with Crippen LogP contribution in [0.5, 0.6) is 0 Å². The highest BCUT2D eigenvalue weighted by molar-refractivity contribution is 5.73. The summed E-state index contributed by atoms with van der Waals surface area (Å²) in [7, 11) is 0. The number of aliphatic carboxylic acids is 1. The van der Waals surface area contributed by atoms with Crippen LogP contribution in [-0.2, 0) is 9.53 Å². The fourth-order valence-corrected chi connectivity index (χ4v) is 3.32. The molecule has 0 radical (unpaired) electrons. The quantitative estimate of drug-likeness (QED) is 0.722. The van der Waals surface area contributed by atoms with Crippen molar-refractivity contribution in [3.05, 3.63) is 0 Å². The van der Waals surface area contributed by atoms with Gasteiger partial charge in [0.15, 0.2) is 0 Å². The lowest BCUT2D eigenvalue weighted by Gasteiger charge is -2.37. The third-order valence-electron chi connectivity index (χ3n) is 4.53. The SMILES string of the molecule is CC1CCC(C(C)C)C(OCCC(NC(C)C)C(=O)O)C1. The Balaban J connectivity index is 2.45. The molecule has 4 unspecified atom stereocenters. The number of ether oxygens (including phenoxy) is 1. The van der Waals surface area contributed by atoms with E-state index >= 15 is 0 Å². The molecule has 4 heteroatoms. The van der Waals surface area contributed by atoms with Gasteiger partial charge in [0.2, 0.25) is 0 Å². The van der Waals surface area contributed by atoms with Crippen LogP contribution in [0, 0.1) is 17.8 Å². The van der Waals surface area contributed by atoms with Crippen molar-refractivity contribution in [1.82, 2.24) is 5.32 Å². The molecule has 4 nitrogen and oxygen atoms in total. The van der Waals surface area contributed by atoms with E-state index in [1.807, 2.05) is 13.8 Å². The molecule has 0 aromatic carbocycles. The van der Waals surface area contributed by atoms with Crippen LogP contribution >= 0.6 is 0 Å². The first-order chi connectivity index (χ1) is 9.81. The van der Waals surface area contributed by atoms with Gasteiger partial charge in [-0.2, -0.15) is 0 Å². The Bertz CT molecular complexity index is 317. The predicted molar refractivity (Wildman–Crippen MR) is 85.4 cm³/mol. The fourth-order valence-electron chi connectivity index (χ4n) is 3.32. The summed E-state index contributed by atoms with van der Waals surface area (Å²) < 4.78 is 6.09. The van der Waals surface area contributed by atoms with Crippen LogP contribution < -0.4 is 5.32 Å². The lowest BCUT2D eigenvalue weighted by molar-refractivity contribution is -0.140. The van der Waals surface area contributed by atoms with E-state index in [9.17, 15) is 9.90 Å². The van der Waals surface area contributed by atoms with E-state index in [0.717, 1.165) is 6.42 Å². The summed E-state index contributed by atoms with van der Waals surface area (Å²) in [4.78, 5) is 11.2. The molecule has 0 saturated heterocycles. The predicted octanol–water partition coefficient (Wildman–Crippen LogP) is 3.31. The molecule has 1 aliphatic rings. The second kappa shape index (κ2) is 8.74. The lowest BCUT2D eigenvalue weighted by Crippen LogP contribution is -2.42. The molecule has 4 atom stereocenters. The van der Waals surface area contributed by atoms with E-state index in [-0.39, 0.29) is 6.04 Å². The van der Waals surface area contributed by atoms with Crippen molar-refractivity contribution in [2.24, 2.45) is 17.8 Å². The number of hydrogen-bond donors (Lipinski definition) is 2. The molecule has 0 heterocycles. The summed E-state index contributed by atoms with van der Waals surface area (Å²) in [5, 5.41) is 12.3. The van der Waals surface area contributed by atoms with Crippen LogP contribution in [-0.4, -0.2) is 35.9 Å². The number of rotatable bonds is 8. The van der Waals surface area contributed by atoms with Crippen molar-refractivity contribution in [2.75, 3.05) is 6.61 Å². The topological polar surface area (TPSA) is 58.6 Å². The van der Waals surface area contributed by atoms with Gasteiger partial charge in [-0.3, -0.25) is 4.79 Å². The highest BCUT2D eigenvalue weighted by atomic mass is 16.5. The normalized spacial score (nSPS) is 28.0. The maximum atomic E-state index is 11.2. The second-order valence-electron chi connectivity index (χ2n) is 7.24. The Morgan fingerprint density at radius 1 is 1.29 bits per heavy atom. The highest BCUT2D eigenvalue weighted by Crippen LogP contribution is 2.35. The van der Waals surface area contributed by atoms with Crippen molar-refractivity contribution in [1.29, 1.82) is 0 Å². The van der Waals surface area contributed by atoms with Crippen LogP contribution in [0.2, 0.25) is 0 Å². The third kappa shape index (κ3) is 6.35. The minimum Gasteiger partial charge on any atom is -0.480 e. The van der Waals surface area contributed by atoms with Gasteiger partial charge in [0.1, 0.15) is 6.04 Å². The maximum absolute atomic E-state index is 11.2. The number of carbonyl (C=O) groups is 1. The second-order valence-corrected chi connectivity index (χ2v) is 7.24. The van der Waals surface area contributed by atoms with Crippen molar-refractivity contribution in [3.63, 3.8) is 0 Å². The van der Waals surface area contributed by atoms with Gasteiger partial charge in [0.25, 0.3) is 0 Å². The first kappa shape index (κ1) is 18.4. The van der Waals surface area contributed by atoms with Gasteiger partial charge in [0, 0.05) is 12.6 Å². The first-order valence-electron chi connectivity index (χ1n) is 8.41.